The van der Waals surface area contributed by atoms with Gasteiger partial charge in [-0.1, -0.05) is 3.89 Å². The lowest BCUT2D eigenvalue weighted by atomic mass is 10.2. The molecule has 0 radical (unpaired) electrons. The lowest BCUT2D eigenvalue weighted by Gasteiger charge is -2.32. The zero-order valence-electron chi connectivity index (χ0n) is 10.4. The molecule has 1 aromatic rings. The maximum atomic E-state index is 12.7. The van der Waals surface area contributed by atoms with Gasteiger partial charge in [0.15, 0.2) is 0 Å². The van der Waals surface area contributed by atoms with Gasteiger partial charge in [0.2, 0.25) is 5.91 Å². The highest BCUT2D eigenvalue weighted by molar-refractivity contribution is 7.83. The summed E-state index contributed by atoms with van der Waals surface area (Å²) in [7, 11) is -4.64. The van der Waals surface area contributed by atoms with Crippen molar-refractivity contribution in [1.82, 2.24) is 13.6 Å². The molecule has 1 fully saturated rings. The van der Waals surface area contributed by atoms with Gasteiger partial charge >= 0.3 is 10.4 Å². The van der Waals surface area contributed by atoms with Crippen LogP contribution < -0.4 is 0 Å². The Morgan fingerprint density at radius 3 is 2.53 bits per heavy atom. The molecule has 2 heterocycles. The highest BCUT2D eigenvalue weighted by Gasteiger charge is 2.28. The second-order valence-corrected chi connectivity index (χ2v) is 6.29. The first-order valence-corrected chi connectivity index (χ1v) is 7.93. The van der Waals surface area contributed by atoms with Gasteiger partial charge in [-0.25, -0.2) is 0 Å². The third kappa shape index (κ3) is 3.48. The number of rotatable bonds is 3. The van der Waals surface area contributed by atoms with Crippen LogP contribution in [-0.2, 0) is 21.6 Å². The summed E-state index contributed by atoms with van der Waals surface area (Å²) in [5, 5.41) is 1.83. The van der Waals surface area contributed by atoms with E-state index in [-0.39, 0.29) is 38.5 Å². The van der Waals surface area contributed by atoms with Crippen molar-refractivity contribution in [2.24, 2.45) is 0 Å². The van der Waals surface area contributed by atoms with Crippen molar-refractivity contribution < 1.29 is 17.1 Å². The van der Waals surface area contributed by atoms with Gasteiger partial charge in [-0.3, -0.25) is 4.79 Å². The molecule has 0 aliphatic carbocycles. The summed E-state index contributed by atoms with van der Waals surface area (Å²) < 4.78 is 39.0. The molecule has 2 rings (SSSR count). The summed E-state index contributed by atoms with van der Waals surface area (Å²) in [6.07, 6.45) is 0.255. The number of hydrogen-bond donors (Lipinski definition) is 0. The highest BCUT2D eigenvalue weighted by atomic mass is 32.3. The second-order valence-electron chi connectivity index (χ2n) is 4.32. The lowest BCUT2D eigenvalue weighted by Crippen LogP contribution is -2.50. The predicted octanol–water partition coefficient (Wildman–Crippen LogP) is 0.353. The Labute approximate surface area is 115 Å². The van der Waals surface area contributed by atoms with E-state index >= 15 is 0 Å². The number of carbonyl (C=O) groups is 1. The number of halogens is 1. The van der Waals surface area contributed by atoms with E-state index in [0.717, 1.165) is 15.6 Å². The molecular formula is C10H14FN3O3S2. The molecule has 106 valence electrons. The van der Waals surface area contributed by atoms with E-state index < -0.39 is 10.4 Å². The number of nitrogens with zero attached hydrogens (tertiary/aromatic N) is 3. The Balaban J connectivity index is 1.91. The van der Waals surface area contributed by atoms with Crippen molar-refractivity contribution in [3.8, 4) is 0 Å². The predicted molar refractivity (Wildman–Crippen MR) is 68.7 cm³/mol. The highest BCUT2D eigenvalue weighted by Crippen LogP contribution is 2.13. The van der Waals surface area contributed by atoms with Gasteiger partial charge in [0.25, 0.3) is 0 Å². The first kappa shape index (κ1) is 14.4. The van der Waals surface area contributed by atoms with E-state index in [0.29, 0.717) is 0 Å². The standard InChI is InChI=1S/C10H14FN3O3S2/c1-8-9(7-18-12-8)6-10(15)13-2-4-14(5-3-13)19(11,16)17/h7H,2-6H2,1H3. The summed E-state index contributed by atoms with van der Waals surface area (Å²) in [5.41, 5.74) is 1.72. The molecule has 1 amide bonds. The van der Waals surface area contributed by atoms with Crippen LogP contribution in [0.2, 0.25) is 0 Å². The average molecular weight is 307 g/mol. The number of carbonyl (C=O) groups excluding carboxylic acids is 1. The maximum Gasteiger partial charge on any atom is 0.374 e. The summed E-state index contributed by atoms with van der Waals surface area (Å²) in [6.45, 7) is 2.29. The van der Waals surface area contributed by atoms with Crippen LogP contribution in [0, 0.1) is 6.92 Å². The smallest absolute Gasteiger partial charge is 0.340 e. The lowest BCUT2D eigenvalue weighted by molar-refractivity contribution is -0.131. The Kier molecular flexibility index (Phi) is 4.16. The van der Waals surface area contributed by atoms with Gasteiger partial charge in [-0.05, 0) is 24.0 Å². The van der Waals surface area contributed by atoms with Crippen LogP contribution in [0.5, 0.6) is 0 Å². The Morgan fingerprint density at radius 2 is 2.05 bits per heavy atom. The molecule has 0 N–H and O–H groups in total. The van der Waals surface area contributed by atoms with Crippen molar-refractivity contribution in [2.75, 3.05) is 26.2 Å². The van der Waals surface area contributed by atoms with Gasteiger partial charge in [-0.15, -0.1) is 0 Å². The Bertz CT molecular complexity index is 564. The van der Waals surface area contributed by atoms with Gasteiger partial charge in [0, 0.05) is 31.6 Å². The molecule has 6 nitrogen and oxygen atoms in total. The SMILES string of the molecule is Cc1nscc1CC(=O)N1CCN(S(=O)(=O)F)CC1. The molecule has 0 spiro atoms. The van der Waals surface area contributed by atoms with Gasteiger partial charge < -0.3 is 4.90 Å². The van der Waals surface area contributed by atoms with E-state index in [1.54, 1.807) is 4.90 Å². The Morgan fingerprint density at radius 1 is 1.42 bits per heavy atom. The maximum absolute atomic E-state index is 12.7. The van der Waals surface area contributed by atoms with Gasteiger partial charge in [0.1, 0.15) is 0 Å². The largest absolute Gasteiger partial charge is 0.374 e. The summed E-state index contributed by atoms with van der Waals surface area (Å²) in [6, 6.07) is 0. The fraction of sp³-hybridized carbons (Fsp3) is 0.600. The number of amides is 1. The quantitative estimate of drug-likeness (QED) is 0.756. The van der Waals surface area contributed by atoms with Crippen molar-refractivity contribution in [3.05, 3.63) is 16.6 Å². The first-order valence-electron chi connectivity index (χ1n) is 5.75. The second kappa shape index (κ2) is 5.51. The van der Waals surface area contributed by atoms with E-state index in [1.807, 2.05) is 12.3 Å². The molecule has 1 aliphatic heterocycles. The van der Waals surface area contributed by atoms with Gasteiger partial charge in [-0.2, -0.15) is 17.1 Å². The third-order valence-electron chi connectivity index (χ3n) is 3.09. The fourth-order valence-electron chi connectivity index (χ4n) is 1.91. The van der Waals surface area contributed by atoms with Gasteiger partial charge in [0.05, 0.1) is 12.1 Å². The van der Waals surface area contributed by atoms with Crippen molar-refractivity contribution >= 4 is 27.8 Å². The minimum absolute atomic E-state index is 0.00540. The molecule has 1 saturated heterocycles. The minimum atomic E-state index is -4.64. The van der Waals surface area contributed by atoms with Crippen LogP contribution in [0.1, 0.15) is 11.3 Å². The van der Waals surface area contributed by atoms with E-state index in [9.17, 15) is 17.1 Å². The van der Waals surface area contributed by atoms with E-state index in [4.69, 9.17) is 0 Å². The van der Waals surface area contributed by atoms with Crippen molar-refractivity contribution in [1.29, 1.82) is 0 Å². The molecule has 0 bridgehead atoms. The third-order valence-corrected chi connectivity index (χ3v) is 4.84. The summed E-state index contributed by atoms with van der Waals surface area (Å²) in [4.78, 5) is 13.6. The molecule has 0 unspecified atom stereocenters. The first-order chi connectivity index (χ1) is 8.88. The molecule has 0 saturated carbocycles. The number of aromatic nitrogens is 1. The fourth-order valence-corrected chi connectivity index (χ4v) is 3.22. The van der Waals surface area contributed by atoms with Crippen LogP contribution in [0.4, 0.5) is 3.89 Å². The zero-order valence-corrected chi connectivity index (χ0v) is 12.0. The molecule has 0 aromatic carbocycles. The van der Waals surface area contributed by atoms with E-state index in [2.05, 4.69) is 4.37 Å². The van der Waals surface area contributed by atoms with E-state index in [1.165, 1.54) is 11.5 Å². The molecule has 1 aromatic heterocycles. The topological polar surface area (TPSA) is 70.6 Å². The number of aryl methyl sites for hydroxylation is 1. The normalized spacial score (nSPS) is 17.7. The molecule has 1 aliphatic rings. The molecule has 9 heteroatoms. The molecular weight excluding hydrogens is 293 g/mol. The average Bonchev–Trinajstić information content (AvgIpc) is 2.74. The summed E-state index contributed by atoms with van der Waals surface area (Å²) in [5.74, 6) is -0.0841. The minimum Gasteiger partial charge on any atom is -0.340 e. The molecule has 19 heavy (non-hydrogen) atoms. The number of piperazine rings is 1. The zero-order chi connectivity index (χ0) is 14.0. The summed E-state index contributed by atoms with van der Waals surface area (Å²) >= 11 is 1.30. The molecule has 0 atom stereocenters. The van der Waals surface area contributed by atoms with Crippen molar-refractivity contribution in [3.63, 3.8) is 0 Å². The Hall–Kier alpha value is -1.06. The van der Waals surface area contributed by atoms with Crippen LogP contribution in [0.3, 0.4) is 0 Å². The number of hydrogen-bond acceptors (Lipinski definition) is 5. The van der Waals surface area contributed by atoms with Crippen molar-refractivity contribution in [2.45, 2.75) is 13.3 Å². The van der Waals surface area contributed by atoms with Crippen LogP contribution in [0.15, 0.2) is 5.38 Å². The van der Waals surface area contributed by atoms with Crippen LogP contribution in [0.25, 0.3) is 0 Å². The van der Waals surface area contributed by atoms with Crippen LogP contribution >= 0.6 is 11.5 Å². The van der Waals surface area contributed by atoms with Crippen LogP contribution in [-0.4, -0.2) is 54.1 Å². The monoisotopic (exact) mass is 307 g/mol.